The number of nitrogens with zero attached hydrogens (tertiary/aromatic N) is 1. The molecule has 1 heterocycles. The van der Waals surface area contributed by atoms with Gasteiger partial charge in [0, 0.05) is 5.54 Å². The predicted molar refractivity (Wildman–Crippen MR) is 110 cm³/mol. The Hall–Kier alpha value is -1.19. The lowest BCUT2D eigenvalue weighted by molar-refractivity contribution is -0.200. The van der Waals surface area contributed by atoms with Crippen molar-refractivity contribution in [1.82, 2.24) is 5.06 Å². The van der Waals surface area contributed by atoms with Gasteiger partial charge in [0.2, 0.25) is 0 Å². The zero-order chi connectivity index (χ0) is 20.4. The fourth-order valence-corrected chi connectivity index (χ4v) is 4.06. The maximum atomic E-state index is 12.4. The fourth-order valence-electron chi connectivity index (χ4n) is 3.46. The first kappa shape index (κ1) is 22.1. The monoisotopic (exact) mass is 489 g/mol. The van der Waals surface area contributed by atoms with Crippen molar-refractivity contribution in [2.24, 2.45) is 5.92 Å². The Kier molecular flexibility index (Phi) is 6.91. The summed E-state index contributed by atoms with van der Waals surface area (Å²) in [6.45, 7) is 9.40. The molecule has 2 atom stereocenters. The minimum absolute atomic E-state index is 0.000266. The van der Waals surface area contributed by atoms with E-state index in [1.165, 1.54) is 5.06 Å². The first-order valence-electron chi connectivity index (χ1n) is 9.00. The highest BCUT2D eigenvalue weighted by atomic mass is 127. The van der Waals surface area contributed by atoms with Crippen LogP contribution in [-0.2, 0) is 19.1 Å². The second kappa shape index (κ2) is 8.45. The maximum absolute atomic E-state index is 12.4. The van der Waals surface area contributed by atoms with Crippen molar-refractivity contribution in [1.29, 1.82) is 0 Å². The molecule has 0 bridgehead atoms. The highest BCUT2D eigenvalue weighted by molar-refractivity contribution is 14.1. The van der Waals surface area contributed by atoms with E-state index in [2.05, 4.69) is 0 Å². The number of halogens is 1. The molecule has 0 aromatic heterocycles. The number of rotatable bonds is 6. The molecule has 0 spiro atoms. The van der Waals surface area contributed by atoms with E-state index in [-0.39, 0.29) is 25.2 Å². The summed E-state index contributed by atoms with van der Waals surface area (Å²) in [7, 11) is 0. The Balaban J connectivity index is 1.80. The average molecular weight is 489 g/mol. The lowest BCUT2D eigenvalue weighted by Crippen LogP contribution is -2.48. The van der Waals surface area contributed by atoms with Gasteiger partial charge in [-0.15, -0.1) is 0 Å². The highest BCUT2D eigenvalue weighted by Crippen LogP contribution is 2.43. The van der Waals surface area contributed by atoms with Crippen molar-refractivity contribution >= 4 is 34.5 Å². The van der Waals surface area contributed by atoms with Crippen molar-refractivity contribution in [3.63, 3.8) is 0 Å². The van der Waals surface area contributed by atoms with Crippen LogP contribution in [0.4, 0.5) is 0 Å². The normalized spacial score (nSPS) is 22.3. The van der Waals surface area contributed by atoms with Crippen molar-refractivity contribution in [2.75, 3.05) is 13.2 Å². The number of ether oxygens (including phenoxy) is 2. The number of hydrogen-bond acceptors (Lipinski definition) is 6. The third kappa shape index (κ3) is 5.00. The van der Waals surface area contributed by atoms with E-state index >= 15 is 0 Å². The Morgan fingerprint density at radius 3 is 2.26 bits per heavy atom. The number of hydroxylamine groups is 2. The highest BCUT2D eigenvalue weighted by Gasteiger charge is 2.54. The standard InChI is InChI=1S/C20H28INO5/c1-13-6-8-14(9-7-13)16(21)18(24)27-11-10-26-17(23)15-12-19(2,3)22(25)20(15,4)5/h6-9,15-16,25H,10-12H2,1-5H3. The van der Waals surface area contributed by atoms with E-state index in [0.29, 0.717) is 6.42 Å². The van der Waals surface area contributed by atoms with Gasteiger partial charge >= 0.3 is 11.9 Å². The van der Waals surface area contributed by atoms with Crippen LogP contribution in [0.25, 0.3) is 0 Å². The number of carbonyl (C=O) groups is 2. The van der Waals surface area contributed by atoms with Crippen molar-refractivity contribution < 1.29 is 24.3 Å². The largest absolute Gasteiger partial charge is 0.462 e. The summed E-state index contributed by atoms with van der Waals surface area (Å²) in [4.78, 5) is 24.6. The van der Waals surface area contributed by atoms with E-state index < -0.39 is 20.9 Å². The van der Waals surface area contributed by atoms with Crippen LogP contribution in [0.3, 0.4) is 0 Å². The summed E-state index contributed by atoms with van der Waals surface area (Å²) in [5.41, 5.74) is 0.793. The third-order valence-electron chi connectivity index (χ3n) is 5.11. The molecule has 1 aliphatic heterocycles. The first-order valence-corrected chi connectivity index (χ1v) is 10.2. The van der Waals surface area contributed by atoms with E-state index in [9.17, 15) is 14.8 Å². The van der Waals surface area contributed by atoms with Crippen LogP contribution in [-0.4, -0.2) is 46.5 Å². The Morgan fingerprint density at radius 1 is 1.19 bits per heavy atom. The second-order valence-corrected chi connectivity index (χ2v) is 9.39. The van der Waals surface area contributed by atoms with Crippen LogP contribution in [0.15, 0.2) is 24.3 Å². The van der Waals surface area contributed by atoms with Gasteiger partial charge in [-0.1, -0.05) is 52.4 Å². The molecule has 1 fully saturated rings. The molecule has 1 saturated heterocycles. The molecule has 2 rings (SSSR count). The van der Waals surface area contributed by atoms with Crippen molar-refractivity contribution in [2.45, 2.75) is 56.0 Å². The molecule has 1 aliphatic rings. The van der Waals surface area contributed by atoms with Crippen molar-refractivity contribution in [3.05, 3.63) is 35.4 Å². The van der Waals surface area contributed by atoms with Gasteiger partial charge < -0.3 is 14.7 Å². The second-order valence-electron chi connectivity index (χ2n) is 8.14. The molecule has 150 valence electrons. The SMILES string of the molecule is Cc1ccc(C(I)C(=O)OCCOC(=O)C2CC(C)(C)N(O)C2(C)C)cc1. The summed E-state index contributed by atoms with van der Waals surface area (Å²) in [5.74, 6) is -1.19. The van der Waals surface area contributed by atoms with Crippen LogP contribution in [0.2, 0.25) is 0 Å². The van der Waals surface area contributed by atoms with Gasteiger partial charge in [0.25, 0.3) is 0 Å². The maximum Gasteiger partial charge on any atom is 0.323 e. The molecule has 27 heavy (non-hydrogen) atoms. The summed E-state index contributed by atoms with van der Waals surface area (Å²) < 4.78 is 10.1. The number of benzene rings is 1. The lowest BCUT2D eigenvalue weighted by atomic mass is 9.87. The number of carbonyl (C=O) groups excluding carboxylic acids is 2. The van der Waals surface area contributed by atoms with Crippen molar-refractivity contribution in [3.8, 4) is 0 Å². The van der Waals surface area contributed by atoms with Crippen LogP contribution < -0.4 is 0 Å². The van der Waals surface area contributed by atoms with Gasteiger partial charge in [-0.25, -0.2) is 0 Å². The van der Waals surface area contributed by atoms with Crippen LogP contribution in [0, 0.1) is 12.8 Å². The molecular weight excluding hydrogens is 461 g/mol. The van der Waals surface area contributed by atoms with Crippen LogP contribution >= 0.6 is 22.6 Å². The van der Waals surface area contributed by atoms with Crippen LogP contribution in [0.5, 0.6) is 0 Å². The molecule has 7 heteroatoms. The average Bonchev–Trinajstić information content (AvgIpc) is 2.78. The van der Waals surface area contributed by atoms with Gasteiger partial charge in [-0.2, -0.15) is 5.06 Å². The molecule has 0 amide bonds. The Bertz CT molecular complexity index is 686. The molecule has 1 N–H and O–H groups in total. The van der Waals surface area contributed by atoms with Gasteiger partial charge in [0.15, 0.2) is 0 Å². The fraction of sp³-hybridized carbons (Fsp3) is 0.600. The molecule has 1 aromatic carbocycles. The smallest absolute Gasteiger partial charge is 0.323 e. The molecule has 2 unspecified atom stereocenters. The number of esters is 2. The minimum Gasteiger partial charge on any atom is -0.462 e. The molecule has 0 saturated carbocycles. The number of alkyl halides is 1. The zero-order valence-corrected chi connectivity index (χ0v) is 18.6. The molecule has 0 radical (unpaired) electrons. The Labute approximate surface area is 174 Å². The minimum atomic E-state index is -0.712. The lowest BCUT2D eigenvalue weighted by Gasteiger charge is -2.35. The topological polar surface area (TPSA) is 76.1 Å². The predicted octanol–water partition coefficient (Wildman–Crippen LogP) is 3.83. The van der Waals surface area contributed by atoms with E-state index in [1.807, 2.05) is 81.5 Å². The Morgan fingerprint density at radius 2 is 1.74 bits per heavy atom. The van der Waals surface area contributed by atoms with E-state index in [1.54, 1.807) is 0 Å². The summed E-state index contributed by atoms with van der Waals surface area (Å²) in [6, 6.07) is 7.70. The van der Waals surface area contributed by atoms with Crippen LogP contribution in [0.1, 0.15) is 49.2 Å². The summed E-state index contributed by atoms with van der Waals surface area (Å²) >= 11 is 2.04. The molecular formula is C20H28INO5. The van der Waals surface area contributed by atoms with E-state index in [4.69, 9.17) is 9.47 Å². The first-order chi connectivity index (χ1) is 12.5. The van der Waals surface area contributed by atoms with Gasteiger partial charge in [-0.3, -0.25) is 9.59 Å². The quantitative estimate of drug-likeness (QED) is 0.284. The molecule has 0 aliphatic carbocycles. The zero-order valence-electron chi connectivity index (χ0n) is 16.5. The number of aryl methyl sites for hydroxylation is 1. The summed E-state index contributed by atoms with van der Waals surface area (Å²) in [5, 5.41) is 11.5. The number of hydrogen-bond donors (Lipinski definition) is 1. The molecule has 6 nitrogen and oxygen atoms in total. The van der Waals surface area contributed by atoms with Gasteiger partial charge in [-0.05, 0) is 46.6 Å². The third-order valence-corrected chi connectivity index (χ3v) is 6.34. The van der Waals surface area contributed by atoms with Gasteiger partial charge in [0.05, 0.1) is 11.5 Å². The van der Waals surface area contributed by atoms with Gasteiger partial charge in [0.1, 0.15) is 17.1 Å². The van der Waals surface area contributed by atoms with E-state index in [0.717, 1.165) is 11.1 Å². The molecule has 1 aromatic rings. The summed E-state index contributed by atoms with van der Waals surface area (Å²) in [6.07, 6.45) is 0.498.